The van der Waals surface area contributed by atoms with Gasteiger partial charge in [-0.2, -0.15) is 0 Å². The third-order valence-corrected chi connectivity index (χ3v) is 4.38. The Bertz CT molecular complexity index is 1040. The standard InChI is InChI=1S/C23H27N3O4/c1-5-26-19-13-17(21(27)30-23(2,3)4)11-12-18(19)25-20(26)14-24-22(28)29-15-16-9-7-6-8-10-16/h6-13H,5,14-15H2,1-4H3,(H,24,28). The molecule has 0 saturated heterocycles. The van der Waals surface area contributed by atoms with Crippen molar-refractivity contribution in [1.29, 1.82) is 0 Å². The van der Waals surface area contributed by atoms with E-state index in [9.17, 15) is 9.59 Å². The van der Waals surface area contributed by atoms with Gasteiger partial charge in [0.15, 0.2) is 0 Å². The van der Waals surface area contributed by atoms with Gasteiger partial charge in [-0.15, -0.1) is 0 Å². The number of nitrogens with zero attached hydrogens (tertiary/aromatic N) is 2. The van der Waals surface area contributed by atoms with E-state index < -0.39 is 11.7 Å². The van der Waals surface area contributed by atoms with E-state index in [1.54, 1.807) is 18.2 Å². The van der Waals surface area contributed by atoms with Crippen molar-refractivity contribution in [3.63, 3.8) is 0 Å². The topological polar surface area (TPSA) is 82.5 Å². The molecular weight excluding hydrogens is 382 g/mol. The minimum absolute atomic E-state index is 0.204. The number of rotatable bonds is 6. The fourth-order valence-corrected chi connectivity index (χ4v) is 3.05. The molecule has 0 aliphatic carbocycles. The zero-order valence-corrected chi connectivity index (χ0v) is 17.8. The number of aryl methyl sites for hydroxylation is 1. The molecule has 0 radical (unpaired) electrons. The van der Waals surface area contributed by atoms with Crippen LogP contribution in [0.2, 0.25) is 0 Å². The van der Waals surface area contributed by atoms with E-state index in [2.05, 4.69) is 10.3 Å². The molecule has 1 N–H and O–H groups in total. The molecule has 1 heterocycles. The number of carbonyl (C=O) groups excluding carboxylic acids is 2. The Balaban J connectivity index is 1.69. The van der Waals surface area contributed by atoms with Gasteiger partial charge < -0.3 is 19.4 Å². The molecule has 0 unspecified atom stereocenters. The molecule has 7 heteroatoms. The van der Waals surface area contributed by atoms with E-state index >= 15 is 0 Å². The quantitative estimate of drug-likeness (QED) is 0.609. The summed E-state index contributed by atoms with van der Waals surface area (Å²) in [6, 6.07) is 14.8. The maximum absolute atomic E-state index is 12.4. The van der Waals surface area contributed by atoms with Crippen LogP contribution in [0.15, 0.2) is 48.5 Å². The first-order valence-corrected chi connectivity index (χ1v) is 9.94. The smallest absolute Gasteiger partial charge is 0.407 e. The van der Waals surface area contributed by atoms with Crippen LogP contribution >= 0.6 is 0 Å². The molecule has 7 nitrogen and oxygen atoms in total. The van der Waals surface area contributed by atoms with Gasteiger partial charge in [0.2, 0.25) is 0 Å². The van der Waals surface area contributed by atoms with E-state index in [1.165, 1.54) is 0 Å². The second-order valence-corrected chi connectivity index (χ2v) is 7.89. The van der Waals surface area contributed by atoms with Crippen LogP contribution < -0.4 is 5.32 Å². The molecule has 0 aliphatic rings. The number of ether oxygens (including phenoxy) is 2. The van der Waals surface area contributed by atoms with Crippen LogP contribution in [0.1, 0.15) is 49.4 Å². The monoisotopic (exact) mass is 409 g/mol. The fraction of sp³-hybridized carbons (Fsp3) is 0.348. The highest BCUT2D eigenvalue weighted by atomic mass is 16.6. The molecule has 1 aromatic heterocycles. The summed E-state index contributed by atoms with van der Waals surface area (Å²) in [5, 5.41) is 2.74. The lowest BCUT2D eigenvalue weighted by Crippen LogP contribution is -2.25. The van der Waals surface area contributed by atoms with E-state index in [0.717, 1.165) is 16.6 Å². The summed E-state index contributed by atoms with van der Waals surface area (Å²) in [6.07, 6.45) is -0.511. The number of benzene rings is 2. The van der Waals surface area contributed by atoms with Gasteiger partial charge in [0.25, 0.3) is 0 Å². The second-order valence-electron chi connectivity index (χ2n) is 7.89. The van der Waals surface area contributed by atoms with E-state index in [4.69, 9.17) is 9.47 Å². The van der Waals surface area contributed by atoms with Crippen molar-refractivity contribution in [1.82, 2.24) is 14.9 Å². The first-order valence-electron chi connectivity index (χ1n) is 9.94. The van der Waals surface area contributed by atoms with Gasteiger partial charge in [-0.1, -0.05) is 30.3 Å². The van der Waals surface area contributed by atoms with Gasteiger partial charge in [-0.05, 0) is 51.5 Å². The molecule has 0 fully saturated rings. The van der Waals surface area contributed by atoms with Gasteiger partial charge in [-0.25, -0.2) is 14.6 Å². The molecule has 1 amide bonds. The zero-order chi connectivity index (χ0) is 21.7. The minimum atomic E-state index is -0.563. The van der Waals surface area contributed by atoms with E-state index in [1.807, 2.05) is 62.6 Å². The van der Waals surface area contributed by atoms with Gasteiger partial charge in [-0.3, -0.25) is 0 Å². The summed E-state index contributed by atoms with van der Waals surface area (Å²) in [5.41, 5.74) is 2.39. The number of hydrogen-bond donors (Lipinski definition) is 1. The summed E-state index contributed by atoms with van der Waals surface area (Å²) in [5.74, 6) is 0.308. The van der Waals surface area contributed by atoms with Crippen molar-refractivity contribution >= 4 is 23.1 Å². The Morgan fingerprint density at radius 3 is 2.50 bits per heavy atom. The number of hydrogen-bond acceptors (Lipinski definition) is 5. The van der Waals surface area contributed by atoms with Crippen molar-refractivity contribution < 1.29 is 19.1 Å². The lowest BCUT2D eigenvalue weighted by atomic mass is 10.1. The third-order valence-electron chi connectivity index (χ3n) is 4.38. The van der Waals surface area contributed by atoms with Gasteiger partial charge in [0.05, 0.1) is 23.1 Å². The minimum Gasteiger partial charge on any atom is -0.456 e. The van der Waals surface area contributed by atoms with Crippen LogP contribution in [0.5, 0.6) is 0 Å². The molecule has 0 bridgehead atoms. The summed E-state index contributed by atoms with van der Waals surface area (Å²) in [6.45, 7) is 8.55. The lowest BCUT2D eigenvalue weighted by molar-refractivity contribution is 0.00696. The normalized spacial score (nSPS) is 11.3. The Morgan fingerprint density at radius 1 is 1.10 bits per heavy atom. The molecular formula is C23H27N3O4. The molecule has 0 spiro atoms. The Morgan fingerprint density at radius 2 is 1.83 bits per heavy atom. The van der Waals surface area contributed by atoms with Gasteiger partial charge in [0, 0.05) is 6.54 Å². The second kappa shape index (κ2) is 8.98. The molecule has 30 heavy (non-hydrogen) atoms. The first-order chi connectivity index (χ1) is 14.3. The highest BCUT2D eigenvalue weighted by Gasteiger charge is 2.19. The summed E-state index contributed by atoms with van der Waals surface area (Å²) in [4.78, 5) is 29.0. The highest BCUT2D eigenvalue weighted by Crippen LogP contribution is 2.20. The first kappa shape index (κ1) is 21.4. The number of alkyl carbamates (subject to hydrolysis) is 1. The van der Waals surface area contributed by atoms with Crippen molar-refractivity contribution in [2.45, 2.75) is 53.0 Å². The van der Waals surface area contributed by atoms with Gasteiger partial charge >= 0.3 is 12.1 Å². The maximum atomic E-state index is 12.4. The zero-order valence-electron chi connectivity index (χ0n) is 17.8. The predicted molar refractivity (Wildman–Crippen MR) is 114 cm³/mol. The highest BCUT2D eigenvalue weighted by molar-refractivity contribution is 5.94. The number of fused-ring (bicyclic) bond motifs is 1. The Kier molecular flexibility index (Phi) is 6.40. The van der Waals surface area contributed by atoms with E-state index in [-0.39, 0.29) is 19.1 Å². The molecule has 3 rings (SSSR count). The van der Waals surface area contributed by atoms with Crippen LogP contribution in [0.3, 0.4) is 0 Å². The Hall–Kier alpha value is -3.35. The summed E-state index contributed by atoms with van der Waals surface area (Å²) >= 11 is 0. The van der Waals surface area contributed by atoms with E-state index in [0.29, 0.717) is 17.9 Å². The molecule has 158 valence electrons. The molecule has 0 aliphatic heterocycles. The number of amides is 1. The van der Waals surface area contributed by atoms with Crippen molar-refractivity contribution in [3.8, 4) is 0 Å². The molecule has 3 aromatic rings. The number of aromatic nitrogens is 2. The van der Waals surface area contributed by atoms with Crippen LogP contribution in [-0.4, -0.2) is 27.2 Å². The lowest BCUT2D eigenvalue weighted by Gasteiger charge is -2.19. The average molecular weight is 409 g/mol. The van der Waals surface area contributed by atoms with Crippen LogP contribution in [0.4, 0.5) is 4.79 Å². The molecule has 2 aromatic carbocycles. The Labute approximate surface area is 176 Å². The number of esters is 1. The SMILES string of the molecule is CCn1c(CNC(=O)OCc2ccccc2)nc2ccc(C(=O)OC(C)(C)C)cc21. The van der Waals surface area contributed by atoms with Gasteiger partial charge in [0.1, 0.15) is 18.0 Å². The van der Waals surface area contributed by atoms with Crippen LogP contribution in [0, 0.1) is 0 Å². The average Bonchev–Trinajstić information content (AvgIpc) is 3.06. The molecule has 0 atom stereocenters. The fourth-order valence-electron chi connectivity index (χ4n) is 3.05. The largest absolute Gasteiger partial charge is 0.456 e. The van der Waals surface area contributed by atoms with Crippen molar-refractivity contribution in [2.24, 2.45) is 0 Å². The van der Waals surface area contributed by atoms with Crippen LogP contribution in [0.25, 0.3) is 11.0 Å². The summed E-state index contributed by atoms with van der Waals surface area (Å²) < 4.78 is 12.7. The maximum Gasteiger partial charge on any atom is 0.407 e. The number of nitrogens with one attached hydrogen (secondary N) is 1. The third kappa shape index (κ3) is 5.37. The number of carbonyl (C=O) groups is 2. The van der Waals surface area contributed by atoms with Crippen molar-refractivity contribution in [3.05, 3.63) is 65.5 Å². The molecule has 0 saturated carbocycles. The summed E-state index contributed by atoms with van der Waals surface area (Å²) in [7, 11) is 0. The van der Waals surface area contributed by atoms with Crippen LogP contribution in [-0.2, 0) is 29.2 Å². The predicted octanol–water partition coefficient (Wildman–Crippen LogP) is 4.44. The number of imidazole rings is 1. The van der Waals surface area contributed by atoms with Crippen molar-refractivity contribution in [2.75, 3.05) is 0 Å².